The van der Waals surface area contributed by atoms with E-state index in [-0.39, 0.29) is 29.8 Å². The smallest absolute Gasteiger partial charge is 0.190 e. The molecule has 0 aromatic heterocycles. The van der Waals surface area contributed by atoms with Gasteiger partial charge in [-0.25, -0.2) is 4.39 Å². The second kappa shape index (κ2) is 10.8. The highest BCUT2D eigenvalue weighted by Gasteiger charge is 2.17. The fourth-order valence-corrected chi connectivity index (χ4v) is 2.88. The standard InChI is InChI=1S/C17H27FN4.HI/c1-19-17(21-12-15-4-3-11-22(2)13-15)20-10-9-14-5-7-16(18)8-6-14;/h5-8,15H,3-4,9-13H2,1-2H3,(H2,19,20,21);1H. The fourth-order valence-electron chi connectivity index (χ4n) is 2.88. The van der Waals surface area contributed by atoms with Gasteiger partial charge in [0.05, 0.1) is 0 Å². The third-order valence-electron chi connectivity index (χ3n) is 4.12. The molecule has 23 heavy (non-hydrogen) atoms. The minimum atomic E-state index is -0.188. The number of nitrogens with one attached hydrogen (secondary N) is 2. The number of hydrogen-bond donors (Lipinski definition) is 2. The monoisotopic (exact) mass is 434 g/mol. The molecule has 1 aromatic rings. The van der Waals surface area contributed by atoms with Crippen molar-refractivity contribution in [2.24, 2.45) is 10.9 Å². The highest BCUT2D eigenvalue weighted by atomic mass is 127. The SMILES string of the molecule is CN=C(NCCc1ccc(F)cc1)NCC1CCCN(C)C1.I. The van der Waals surface area contributed by atoms with Crippen LogP contribution in [0.2, 0.25) is 0 Å². The molecule has 0 amide bonds. The third kappa shape index (κ3) is 7.48. The molecule has 1 atom stereocenters. The number of halogens is 2. The summed E-state index contributed by atoms with van der Waals surface area (Å²) in [5, 5.41) is 6.72. The van der Waals surface area contributed by atoms with Crippen molar-refractivity contribution < 1.29 is 4.39 Å². The molecule has 1 saturated heterocycles. The first-order chi connectivity index (χ1) is 10.7. The summed E-state index contributed by atoms with van der Waals surface area (Å²) in [6, 6.07) is 6.65. The Kier molecular flexibility index (Phi) is 9.47. The minimum absolute atomic E-state index is 0. The number of benzene rings is 1. The van der Waals surface area contributed by atoms with Crippen molar-refractivity contribution in [3.8, 4) is 0 Å². The Hall–Kier alpha value is -0.890. The average molecular weight is 434 g/mol. The molecule has 1 heterocycles. The van der Waals surface area contributed by atoms with E-state index in [0.717, 1.165) is 37.6 Å². The molecule has 2 N–H and O–H groups in total. The van der Waals surface area contributed by atoms with Gasteiger partial charge in [0.1, 0.15) is 5.82 Å². The minimum Gasteiger partial charge on any atom is -0.356 e. The maximum absolute atomic E-state index is 12.8. The molecule has 1 aliphatic heterocycles. The first kappa shape index (κ1) is 20.2. The largest absolute Gasteiger partial charge is 0.356 e. The Morgan fingerprint density at radius 1 is 1.30 bits per heavy atom. The lowest BCUT2D eigenvalue weighted by molar-refractivity contribution is 0.210. The van der Waals surface area contributed by atoms with Crippen LogP contribution in [0.5, 0.6) is 0 Å². The summed E-state index contributed by atoms with van der Waals surface area (Å²) < 4.78 is 12.8. The zero-order valence-electron chi connectivity index (χ0n) is 14.0. The Bertz CT molecular complexity index is 478. The lowest BCUT2D eigenvalue weighted by atomic mass is 9.99. The van der Waals surface area contributed by atoms with Gasteiger partial charge in [-0.3, -0.25) is 4.99 Å². The van der Waals surface area contributed by atoms with Crippen LogP contribution in [-0.2, 0) is 6.42 Å². The van der Waals surface area contributed by atoms with Gasteiger partial charge >= 0.3 is 0 Å². The van der Waals surface area contributed by atoms with Crippen LogP contribution in [0, 0.1) is 11.7 Å². The fraction of sp³-hybridized carbons (Fsp3) is 0.588. The maximum Gasteiger partial charge on any atom is 0.190 e. The number of likely N-dealkylation sites (tertiary alicyclic amines) is 1. The van der Waals surface area contributed by atoms with Crippen LogP contribution in [0.25, 0.3) is 0 Å². The van der Waals surface area contributed by atoms with E-state index in [2.05, 4.69) is 27.6 Å². The summed E-state index contributed by atoms with van der Waals surface area (Å²) in [6.45, 7) is 4.11. The van der Waals surface area contributed by atoms with E-state index >= 15 is 0 Å². The number of piperidine rings is 1. The van der Waals surface area contributed by atoms with E-state index in [4.69, 9.17) is 0 Å². The zero-order chi connectivity index (χ0) is 15.8. The molecule has 4 nitrogen and oxygen atoms in total. The molecule has 0 spiro atoms. The lowest BCUT2D eigenvalue weighted by Crippen LogP contribution is -2.44. The van der Waals surface area contributed by atoms with Crippen molar-refractivity contribution in [3.05, 3.63) is 35.6 Å². The molecule has 1 aromatic carbocycles. The Morgan fingerprint density at radius 3 is 2.70 bits per heavy atom. The van der Waals surface area contributed by atoms with Crippen molar-refractivity contribution in [1.82, 2.24) is 15.5 Å². The molecule has 0 aliphatic carbocycles. The number of nitrogens with zero attached hydrogens (tertiary/aromatic N) is 2. The number of rotatable bonds is 5. The summed E-state index contributed by atoms with van der Waals surface area (Å²) in [5.41, 5.74) is 1.12. The lowest BCUT2D eigenvalue weighted by Gasteiger charge is -2.30. The van der Waals surface area contributed by atoms with Gasteiger partial charge in [0.2, 0.25) is 0 Å². The predicted molar refractivity (Wildman–Crippen MR) is 105 cm³/mol. The molecule has 0 saturated carbocycles. The van der Waals surface area contributed by atoms with Crippen LogP contribution in [0.1, 0.15) is 18.4 Å². The highest BCUT2D eigenvalue weighted by molar-refractivity contribution is 14.0. The van der Waals surface area contributed by atoms with E-state index in [1.54, 1.807) is 7.05 Å². The first-order valence-electron chi connectivity index (χ1n) is 8.05. The molecule has 0 radical (unpaired) electrons. The molecule has 0 bridgehead atoms. The van der Waals surface area contributed by atoms with Crippen molar-refractivity contribution >= 4 is 29.9 Å². The molecule has 1 unspecified atom stereocenters. The summed E-state index contributed by atoms with van der Waals surface area (Å²) in [5.74, 6) is 1.34. The van der Waals surface area contributed by atoms with Crippen molar-refractivity contribution in [2.45, 2.75) is 19.3 Å². The number of hydrogen-bond acceptors (Lipinski definition) is 2. The van der Waals surface area contributed by atoms with Gasteiger partial charge in [-0.1, -0.05) is 12.1 Å². The van der Waals surface area contributed by atoms with E-state index in [1.165, 1.54) is 31.5 Å². The van der Waals surface area contributed by atoms with Gasteiger partial charge < -0.3 is 15.5 Å². The average Bonchev–Trinajstić information content (AvgIpc) is 2.52. The maximum atomic E-state index is 12.8. The summed E-state index contributed by atoms with van der Waals surface area (Å²) >= 11 is 0. The van der Waals surface area contributed by atoms with Gasteiger partial charge in [-0.15, -0.1) is 24.0 Å². The Labute approximate surface area is 156 Å². The van der Waals surface area contributed by atoms with Gasteiger partial charge in [0, 0.05) is 26.7 Å². The normalized spacial score (nSPS) is 19.1. The molecular weight excluding hydrogens is 406 g/mol. The van der Waals surface area contributed by atoms with E-state index in [1.807, 2.05) is 12.1 Å². The predicted octanol–water partition coefficient (Wildman–Crippen LogP) is 2.49. The van der Waals surface area contributed by atoms with Crippen LogP contribution in [0.15, 0.2) is 29.3 Å². The van der Waals surface area contributed by atoms with Crippen LogP contribution in [0.4, 0.5) is 4.39 Å². The highest BCUT2D eigenvalue weighted by Crippen LogP contribution is 2.13. The molecule has 1 aliphatic rings. The second-order valence-corrected chi connectivity index (χ2v) is 6.03. The third-order valence-corrected chi connectivity index (χ3v) is 4.12. The molecule has 6 heteroatoms. The topological polar surface area (TPSA) is 39.7 Å². The summed E-state index contributed by atoms with van der Waals surface area (Å²) in [6.07, 6.45) is 3.41. The molecular formula is C17H28FIN4. The number of aliphatic imine (C=N–C) groups is 1. The molecule has 2 rings (SSSR count). The summed E-state index contributed by atoms with van der Waals surface area (Å²) in [4.78, 5) is 6.65. The zero-order valence-corrected chi connectivity index (χ0v) is 16.3. The molecule has 1 fully saturated rings. The number of guanidine groups is 1. The van der Waals surface area contributed by atoms with E-state index in [0.29, 0.717) is 5.92 Å². The van der Waals surface area contributed by atoms with Crippen LogP contribution in [-0.4, -0.2) is 51.1 Å². The van der Waals surface area contributed by atoms with Crippen LogP contribution >= 0.6 is 24.0 Å². The first-order valence-corrected chi connectivity index (χ1v) is 8.05. The van der Waals surface area contributed by atoms with Gasteiger partial charge in [0.25, 0.3) is 0 Å². The molecule has 130 valence electrons. The van der Waals surface area contributed by atoms with Crippen LogP contribution in [0.3, 0.4) is 0 Å². The van der Waals surface area contributed by atoms with Crippen molar-refractivity contribution in [3.63, 3.8) is 0 Å². The van der Waals surface area contributed by atoms with E-state index in [9.17, 15) is 4.39 Å². The van der Waals surface area contributed by atoms with Gasteiger partial charge in [-0.05, 0) is 56.5 Å². The van der Waals surface area contributed by atoms with Crippen molar-refractivity contribution in [2.75, 3.05) is 40.3 Å². The second-order valence-electron chi connectivity index (χ2n) is 6.03. The quantitative estimate of drug-likeness (QED) is 0.425. The van der Waals surface area contributed by atoms with Gasteiger partial charge in [-0.2, -0.15) is 0 Å². The van der Waals surface area contributed by atoms with E-state index < -0.39 is 0 Å². The Balaban J connectivity index is 0.00000264. The van der Waals surface area contributed by atoms with Crippen molar-refractivity contribution in [1.29, 1.82) is 0 Å². The summed E-state index contributed by atoms with van der Waals surface area (Å²) in [7, 11) is 3.97. The Morgan fingerprint density at radius 2 is 2.04 bits per heavy atom. The van der Waals surface area contributed by atoms with Crippen LogP contribution < -0.4 is 10.6 Å². The van der Waals surface area contributed by atoms with Gasteiger partial charge in [0.15, 0.2) is 5.96 Å².